The SMILES string of the molecule is CCN(C(=O)CN1CC2CCCNC2C1)C1=CCCCC1. The monoisotopic (exact) mass is 291 g/mol. The van der Waals surface area contributed by atoms with Gasteiger partial charge in [0.1, 0.15) is 0 Å². The number of piperidine rings is 1. The van der Waals surface area contributed by atoms with Crippen molar-refractivity contribution in [2.24, 2.45) is 5.92 Å². The number of fused-ring (bicyclic) bond motifs is 1. The Hall–Kier alpha value is -0.870. The predicted octanol–water partition coefficient (Wildman–Crippen LogP) is 1.98. The molecule has 0 aromatic heterocycles. The molecular formula is C17H29N3O. The molecule has 0 radical (unpaired) electrons. The van der Waals surface area contributed by atoms with E-state index in [0.29, 0.717) is 18.5 Å². The number of carbonyl (C=O) groups is 1. The van der Waals surface area contributed by atoms with E-state index in [1.165, 1.54) is 31.4 Å². The third-order valence-corrected chi connectivity index (χ3v) is 5.26. The number of hydrogen-bond donors (Lipinski definition) is 1. The van der Waals surface area contributed by atoms with Crippen molar-refractivity contribution < 1.29 is 4.79 Å². The quantitative estimate of drug-likeness (QED) is 0.860. The van der Waals surface area contributed by atoms with Crippen LogP contribution in [0, 0.1) is 5.92 Å². The Labute approximate surface area is 128 Å². The fourth-order valence-corrected chi connectivity index (χ4v) is 4.15. The van der Waals surface area contributed by atoms with Crippen LogP contribution < -0.4 is 5.32 Å². The summed E-state index contributed by atoms with van der Waals surface area (Å²) in [6.07, 6.45) is 9.60. The normalized spacial score (nSPS) is 29.9. The van der Waals surface area contributed by atoms with E-state index >= 15 is 0 Å². The summed E-state index contributed by atoms with van der Waals surface area (Å²) in [4.78, 5) is 17.0. The number of rotatable bonds is 4. The lowest BCUT2D eigenvalue weighted by molar-refractivity contribution is -0.130. The van der Waals surface area contributed by atoms with Gasteiger partial charge in [0.25, 0.3) is 0 Å². The second-order valence-electron chi connectivity index (χ2n) is 6.74. The molecule has 1 amide bonds. The van der Waals surface area contributed by atoms with Crippen molar-refractivity contribution in [1.29, 1.82) is 0 Å². The fourth-order valence-electron chi connectivity index (χ4n) is 4.15. The Balaban J connectivity index is 1.56. The van der Waals surface area contributed by atoms with E-state index in [-0.39, 0.29) is 0 Å². The Bertz CT molecular complexity index is 393. The first-order valence-electron chi connectivity index (χ1n) is 8.73. The summed E-state index contributed by atoms with van der Waals surface area (Å²) in [5.74, 6) is 1.06. The summed E-state index contributed by atoms with van der Waals surface area (Å²) in [6.45, 7) is 6.80. The molecule has 2 heterocycles. The molecule has 2 unspecified atom stereocenters. The second-order valence-corrected chi connectivity index (χ2v) is 6.74. The summed E-state index contributed by atoms with van der Waals surface area (Å²) in [7, 11) is 0. The van der Waals surface area contributed by atoms with Crippen LogP contribution in [-0.4, -0.2) is 54.5 Å². The maximum absolute atomic E-state index is 12.7. The molecule has 0 bridgehead atoms. The van der Waals surface area contributed by atoms with Gasteiger partial charge in [-0.2, -0.15) is 0 Å². The summed E-state index contributed by atoms with van der Waals surface area (Å²) in [6, 6.07) is 0.621. The number of nitrogens with one attached hydrogen (secondary N) is 1. The van der Waals surface area contributed by atoms with Gasteiger partial charge in [0.05, 0.1) is 6.54 Å². The predicted molar refractivity (Wildman–Crippen MR) is 84.9 cm³/mol. The van der Waals surface area contributed by atoms with Crippen molar-refractivity contribution in [2.75, 3.05) is 32.7 Å². The highest BCUT2D eigenvalue weighted by molar-refractivity contribution is 5.80. The van der Waals surface area contributed by atoms with Crippen LogP contribution in [0.1, 0.15) is 45.4 Å². The molecule has 2 saturated heterocycles. The fraction of sp³-hybridized carbons (Fsp3) is 0.824. The van der Waals surface area contributed by atoms with Crippen LogP contribution in [0.2, 0.25) is 0 Å². The summed E-state index contributed by atoms with van der Waals surface area (Å²) >= 11 is 0. The highest BCUT2D eigenvalue weighted by Gasteiger charge is 2.35. The Morgan fingerprint density at radius 1 is 1.38 bits per heavy atom. The average molecular weight is 291 g/mol. The van der Waals surface area contributed by atoms with Gasteiger partial charge in [0.15, 0.2) is 0 Å². The molecule has 2 aliphatic heterocycles. The second kappa shape index (κ2) is 6.93. The molecule has 0 spiro atoms. The number of carbonyl (C=O) groups excluding carboxylic acids is 1. The highest BCUT2D eigenvalue weighted by atomic mass is 16.2. The lowest BCUT2D eigenvalue weighted by atomic mass is 9.94. The Kier molecular flexibility index (Phi) is 4.96. The largest absolute Gasteiger partial charge is 0.316 e. The van der Waals surface area contributed by atoms with Gasteiger partial charge in [-0.25, -0.2) is 0 Å². The van der Waals surface area contributed by atoms with Crippen LogP contribution in [0.5, 0.6) is 0 Å². The third kappa shape index (κ3) is 3.49. The molecule has 1 aliphatic carbocycles. The van der Waals surface area contributed by atoms with Crippen molar-refractivity contribution in [2.45, 2.75) is 51.5 Å². The summed E-state index contributed by atoms with van der Waals surface area (Å²) in [5.41, 5.74) is 1.27. The molecule has 2 atom stereocenters. The molecule has 0 aromatic rings. The van der Waals surface area contributed by atoms with Gasteiger partial charge in [0, 0.05) is 31.4 Å². The minimum Gasteiger partial charge on any atom is -0.316 e. The van der Waals surface area contributed by atoms with Gasteiger partial charge in [-0.15, -0.1) is 0 Å². The van der Waals surface area contributed by atoms with Crippen molar-refractivity contribution >= 4 is 5.91 Å². The van der Waals surface area contributed by atoms with E-state index in [1.54, 1.807) is 0 Å². The van der Waals surface area contributed by atoms with Gasteiger partial charge < -0.3 is 10.2 Å². The van der Waals surface area contributed by atoms with Crippen LogP contribution in [0.4, 0.5) is 0 Å². The van der Waals surface area contributed by atoms with E-state index in [4.69, 9.17) is 0 Å². The lowest BCUT2D eigenvalue weighted by Crippen LogP contribution is -2.42. The van der Waals surface area contributed by atoms with Crippen LogP contribution in [0.3, 0.4) is 0 Å². The van der Waals surface area contributed by atoms with Gasteiger partial charge in [-0.05, 0) is 57.9 Å². The number of nitrogens with zero attached hydrogens (tertiary/aromatic N) is 2. The van der Waals surface area contributed by atoms with Gasteiger partial charge in [-0.3, -0.25) is 9.69 Å². The van der Waals surface area contributed by atoms with Gasteiger partial charge in [0.2, 0.25) is 5.91 Å². The van der Waals surface area contributed by atoms with Gasteiger partial charge in [-0.1, -0.05) is 6.08 Å². The summed E-state index contributed by atoms with van der Waals surface area (Å²) < 4.78 is 0. The first-order valence-corrected chi connectivity index (χ1v) is 8.73. The maximum atomic E-state index is 12.7. The molecule has 0 aromatic carbocycles. The third-order valence-electron chi connectivity index (χ3n) is 5.26. The number of amides is 1. The molecule has 4 heteroatoms. The van der Waals surface area contributed by atoms with Gasteiger partial charge >= 0.3 is 0 Å². The molecule has 21 heavy (non-hydrogen) atoms. The number of allylic oxidation sites excluding steroid dienone is 2. The van der Waals surface area contributed by atoms with E-state index in [0.717, 1.165) is 44.9 Å². The Morgan fingerprint density at radius 2 is 2.29 bits per heavy atom. The molecule has 2 fully saturated rings. The number of likely N-dealkylation sites (tertiary alicyclic amines) is 1. The number of hydrogen-bond acceptors (Lipinski definition) is 3. The summed E-state index contributed by atoms with van der Waals surface area (Å²) in [5, 5.41) is 3.61. The lowest BCUT2D eigenvalue weighted by Gasteiger charge is -2.28. The number of likely N-dealkylation sites (N-methyl/N-ethyl adjacent to an activating group) is 1. The topological polar surface area (TPSA) is 35.6 Å². The van der Waals surface area contributed by atoms with Crippen LogP contribution in [-0.2, 0) is 4.79 Å². The molecule has 1 N–H and O–H groups in total. The zero-order chi connectivity index (χ0) is 14.7. The van der Waals surface area contributed by atoms with Crippen molar-refractivity contribution in [3.05, 3.63) is 11.8 Å². The van der Waals surface area contributed by atoms with Crippen molar-refractivity contribution in [3.63, 3.8) is 0 Å². The zero-order valence-corrected chi connectivity index (χ0v) is 13.3. The van der Waals surface area contributed by atoms with E-state index in [9.17, 15) is 4.79 Å². The van der Waals surface area contributed by atoms with Crippen molar-refractivity contribution in [3.8, 4) is 0 Å². The van der Waals surface area contributed by atoms with Crippen LogP contribution in [0.25, 0.3) is 0 Å². The highest BCUT2D eigenvalue weighted by Crippen LogP contribution is 2.25. The zero-order valence-electron chi connectivity index (χ0n) is 13.3. The average Bonchev–Trinajstić information content (AvgIpc) is 2.91. The molecule has 3 aliphatic rings. The standard InChI is InChI=1S/C17H29N3O/c1-2-20(15-8-4-3-5-9-15)17(21)13-19-11-14-7-6-10-18-16(14)12-19/h8,14,16,18H,2-7,9-13H2,1H3. The van der Waals surface area contributed by atoms with E-state index in [1.807, 2.05) is 4.90 Å². The molecule has 0 saturated carbocycles. The van der Waals surface area contributed by atoms with Crippen molar-refractivity contribution in [1.82, 2.24) is 15.1 Å². The maximum Gasteiger partial charge on any atom is 0.240 e. The molecular weight excluding hydrogens is 262 g/mol. The minimum atomic E-state index is 0.296. The van der Waals surface area contributed by atoms with E-state index in [2.05, 4.69) is 23.2 Å². The molecule has 118 valence electrons. The van der Waals surface area contributed by atoms with E-state index < -0.39 is 0 Å². The van der Waals surface area contributed by atoms with Crippen LogP contribution >= 0.6 is 0 Å². The molecule has 4 nitrogen and oxygen atoms in total. The van der Waals surface area contributed by atoms with Crippen LogP contribution in [0.15, 0.2) is 11.8 Å². The smallest absolute Gasteiger partial charge is 0.240 e. The first-order chi connectivity index (χ1) is 10.3. The Morgan fingerprint density at radius 3 is 3.00 bits per heavy atom. The molecule has 3 rings (SSSR count). The first kappa shape index (κ1) is 15.0. The minimum absolute atomic E-state index is 0.296.